The highest BCUT2D eigenvalue weighted by atomic mass is 35.5. The van der Waals surface area contributed by atoms with E-state index in [2.05, 4.69) is 15.6 Å². The van der Waals surface area contributed by atoms with Crippen LogP contribution >= 0.6 is 11.6 Å². The Morgan fingerprint density at radius 3 is 2.73 bits per heavy atom. The number of nitrogens with one attached hydrogen (secondary N) is 3. The van der Waals surface area contributed by atoms with Crippen molar-refractivity contribution in [3.8, 4) is 11.5 Å². The second-order valence-electron chi connectivity index (χ2n) is 10.8. The van der Waals surface area contributed by atoms with Crippen LogP contribution in [0.2, 0.25) is 5.02 Å². The molecule has 0 bridgehead atoms. The van der Waals surface area contributed by atoms with Crippen LogP contribution in [0.5, 0.6) is 11.5 Å². The van der Waals surface area contributed by atoms with Crippen LogP contribution in [0.3, 0.4) is 0 Å². The number of carbonyl (C=O) groups is 3. The van der Waals surface area contributed by atoms with Crippen molar-refractivity contribution in [1.29, 1.82) is 0 Å². The van der Waals surface area contributed by atoms with Crippen LogP contribution in [-0.4, -0.2) is 35.5 Å². The molecule has 2 fully saturated rings. The minimum Gasteiger partial charge on any atom is -0.454 e. The average molecular weight is 555 g/mol. The number of ether oxygens (including phenoxy) is 2. The van der Waals surface area contributed by atoms with E-state index in [1.807, 2.05) is 43.5 Å². The number of nitrogens with zero attached hydrogens (tertiary/aromatic N) is 1. The molecule has 40 heavy (non-hydrogen) atoms. The van der Waals surface area contributed by atoms with Gasteiger partial charge < -0.3 is 19.8 Å². The normalized spacial score (nSPS) is 26.2. The zero-order chi connectivity index (χ0) is 27.3. The first kappa shape index (κ1) is 23.5. The van der Waals surface area contributed by atoms with Crippen LogP contribution in [0.25, 0.3) is 10.9 Å². The summed E-state index contributed by atoms with van der Waals surface area (Å²) in [6, 6.07) is 16.1. The van der Waals surface area contributed by atoms with Gasteiger partial charge in [-0.2, -0.15) is 0 Å². The third-order valence-corrected chi connectivity index (χ3v) is 8.95. The molecule has 200 valence electrons. The predicted molar refractivity (Wildman–Crippen MR) is 147 cm³/mol. The van der Waals surface area contributed by atoms with Gasteiger partial charge in [0.2, 0.25) is 24.5 Å². The van der Waals surface area contributed by atoms with Crippen molar-refractivity contribution in [1.82, 2.24) is 10.3 Å². The number of carbonyl (C=O) groups excluding carboxylic acids is 3. The highest BCUT2D eigenvalue weighted by Gasteiger charge is 2.70. The first-order chi connectivity index (χ1) is 19.4. The number of rotatable bonds is 3. The molecule has 2 saturated heterocycles. The number of fused-ring (bicyclic) bond motifs is 6. The Morgan fingerprint density at radius 1 is 1.02 bits per heavy atom. The molecule has 3 aromatic carbocycles. The van der Waals surface area contributed by atoms with Gasteiger partial charge in [0.1, 0.15) is 5.54 Å². The highest BCUT2D eigenvalue weighted by Crippen LogP contribution is 2.55. The Morgan fingerprint density at radius 2 is 1.85 bits per heavy atom. The maximum atomic E-state index is 14.3. The van der Waals surface area contributed by atoms with Gasteiger partial charge in [0.25, 0.3) is 0 Å². The third-order valence-electron chi connectivity index (χ3n) is 8.65. The molecule has 4 aliphatic rings. The Bertz CT molecular complexity index is 1800. The fourth-order valence-corrected chi connectivity index (χ4v) is 7.31. The predicted octanol–water partition coefficient (Wildman–Crippen LogP) is 4.03. The fourth-order valence-electron chi connectivity index (χ4n) is 6.98. The molecule has 4 unspecified atom stereocenters. The minimum atomic E-state index is -1.45. The molecule has 4 aliphatic heterocycles. The molecule has 10 heteroatoms. The molecule has 3 amide bonds. The number of aromatic nitrogens is 1. The zero-order valence-electron chi connectivity index (χ0n) is 21.3. The monoisotopic (exact) mass is 554 g/mol. The third kappa shape index (κ3) is 2.99. The van der Waals surface area contributed by atoms with Crippen molar-refractivity contribution < 1.29 is 23.9 Å². The van der Waals surface area contributed by atoms with Crippen molar-refractivity contribution in [3.05, 3.63) is 82.5 Å². The maximum absolute atomic E-state index is 14.3. The summed E-state index contributed by atoms with van der Waals surface area (Å²) >= 11 is 6.57. The van der Waals surface area contributed by atoms with E-state index < -0.39 is 29.3 Å². The van der Waals surface area contributed by atoms with Crippen molar-refractivity contribution in [2.24, 2.45) is 11.8 Å². The van der Waals surface area contributed by atoms with Crippen molar-refractivity contribution in [2.75, 3.05) is 17.0 Å². The number of anilines is 2. The average Bonchev–Trinajstić information content (AvgIpc) is 3.73. The molecular formula is C30H23ClN4O5. The Balaban J connectivity index is 1.29. The SMILES string of the molecule is Cc1cc(Cl)c2c(c1)C1(NC(Cc3c[nH]c4ccccc34)C3C(=O)N(c4ccc5c(c4)OCO5)C(=O)C31)C(=O)N2. The topological polar surface area (TPSA) is 113 Å². The molecule has 8 rings (SSSR count). The van der Waals surface area contributed by atoms with Crippen LogP contribution in [0.4, 0.5) is 11.4 Å². The highest BCUT2D eigenvalue weighted by molar-refractivity contribution is 6.35. The summed E-state index contributed by atoms with van der Waals surface area (Å²) in [7, 11) is 0. The van der Waals surface area contributed by atoms with Crippen molar-refractivity contribution in [3.63, 3.8) is 0 Å². The first-order valence-corrected chi connectivity index (χ1v) is 13.5. The Kier molecular flexibility index (Phi) is 4.76. The van der Waals surface area contributed by atoms with Crippen molar-refractivity contribution >= 4 is 51.6 Å². The van der Waals surface area contributed by atoms with E-state index in [-0.39, 0.29) is 18.6 Å². The summed E-state index contributed by atoms with van der Waals surface area (Å²) in [4.78, 5) is 46.9. The van der Waals surface area contributed by atoms with Gasteiger partial charge in [-0.1, -0.05) is 35.9 Å². The zero-order valence-corrected chi connectivity index (χ0v) is 22.0. The van der Waals surface area contributed by atoms with Crippen LogP contribution < -0.4 is 25.0 Å². The van der Waals surface area contributed by atoms with Crippen LogP contribution in [0.15, 0.2) is 60.8 Å². The lowest BCUT2D eigenvalue weighted by atomic mass is 9.76. The lowest BCUT2D eigenvalue weighted by Gasteiger charge is -2.30. The summed E-state index contributed by atoms with van der Waals surface area (Å²) in [5.74, 6) is -1.94. The lowest BCUT2D eigenvalue weighted by molar-refractivity contribution is -0.130. The number of aromatic amines is 1. The van der Waals surface area contributed by atoms with Crippen molar-refractivity contribution in [2.45, 2.75) is 24.9 Å². The number of hydrogen-bond donors (Lipinski definition) is 3. The molecule has 0 saturated carbocycles. The van der Waals surface area contributed by atoms with Gasteiger partial charge in [0.15, 0.2) is 11.5 Å². The molecule has 9 nitrogen and oxygen atoms in total. The standard InChI is InChI=1S/C30H23ClN4O5/c1-14-8-18-26(19(31)9-14)33-29(38)30(18)25-24(21(34-30)10-15-12-32-20-5-3-2-4-17(15)20)27(36)35(28(25)37)16-6-7-22-23(11-16)40-13-39-22/h2-9,11-12,21,24-25,32,34H,10,13H2,1H3,(H,33,38). The van der Waals surface area contributed by atoms with Crippen LogP contribution in [-0.2, 0) is 26.3 Å². The fraction of sp³-hybridized carbons (Fsp3) is 0.233. The van der Waals surface area contributed by atoms with E-state index in [1.54, 1.807) is 24.3 Å². The number of amides is 3. The van der Waals surface area contributed by atoms with E-state index >= 15 is 0 Å². The molecule has 4 atom stereocenters. The van der Waals surface area contributed by atoms with Gasteiger partial charge in [0, 0.05) is 34.8 Å². The van der Waals surface area contributed by atoms with E-state index in [0.717, 1.165) is 22.0 Å². The Hall–Kier alpha value is -4.34. The van der Waals surface area contributed by atoms with Gasteiger partial charge in [-0.15, -0.1) is 0 Å². The largest absolute Gasteiger partial charge is 0.454 e. The second-order valence-corrected chi connectivity index (χ2v) is 11.2. The number of para-hydroxylation sites is 1. The van der Waals surface area contributed by atoms with Gasteiger partial charge >= 0.3 is 0 Å². The molecule has 5 heterocycles. The summed E-state index contributed by atoms with van der Waals surface area (Å²) in [5.41, 5.74) is 2.81. The number of aryl methyl sites for hydroxylation is 1. The quantitative estimate of drug-likeness (QED) is 0.330. The molecule has 3 N–H and O–H groups in total. The minimum absolute atomic E-state index is 0.0721. The molecule has 0 aliphatic carbocycles. The summed E-state index contributed by atoms with van der Waals surface area (Å²) < 4.78 is 10.9. The maximum Gasteiger partial charge on any atom is 0.250 e. The molecule has 4 aromatic rings. The van der Waals surface area contributed by atoms with E-state index in [4.69, 9.17) is 21.1 Å². The summed E-state index contributed by atoms with van der Waals surface area (Å²) in [6.07, 6.45) is 2.36. The van der Waals surface area contributed by atoms with Crippen LogP contribution in [0.1, 0.15) is 16.7 Å². The Labute approximate surface area is 233 Å². The van der Waals surface area contributed by atoms with Gasteiger partial charge in [-0.25, -0.2) is 4.90 Å². The van der Waals surface area contributed by atoms with Gasteiger partial charge in [-0.05, 0) is 48.7 Å². The second kappa shape index (κ2) is 8.09. The van der Waals surface area contributed by atoms with Crippen LogP contribution in [0, 0.1) is 18.8 Å². The van der Waals surface area contributed by atoms with Gasteiger partial charge in [-0.3, -0.25) is 19.7 Å². The summed E-state index contributed by atoms with van der Waals surface area (Å²) in [6.45, 7) is 1.96. The number of hydrogen-bond acceptors (Lipinski definition) is 6. The first-order valence-electron chi connectivity index (χ1n) is 13.1. The van der Waals surface area contributed by atoms with E-state index in [1.165, 1.54) is 4.90 Å². The lowest BCUT2D eigenvalue weighted by Crippen LogP contribution is -2.53. The number of H-pyrrole nitrogens is 1. The number of halogens is 1. The van der Waals surface area contributed by atoms with Gasteiger partial charge in [0.05, 0.1) is 28.2 Å². The molecular weight excluding hydrogens is 532 g/mol. The molecule has 1 spiro atoms. The van der Waals surface area contributed by atoms with E-state index in [0.29, 0.717) is 39.9 Å². The smallest absolute Gasteiger partial charge is 0.250 e. The summed E-state index contributed by atoms with van der Waals surface area (Å²) in [5, 5.41) is 7.84. The molecule has 1 aromatic heterocycles. The molecule has 0 radical (unpaired) electrons. The number of benzene rings is 3. The number of imide groups is 1. The van der Waals surface area contributed by atoms with E-state index in [9.17, 15) is 14.4 Å².